The third-order valence-electron chi connectivity index (χ3n) is 2.43. The smallest absolute Gasteiger partial charge is 0.243 e. The summed E-state index contributed by atoms with van der Waals surface area (Å²) in [5.41, 5.74) is 5.81. The predicted molar refractivity (Wildman–Crippen MR) is 72.5 cm³/mol. The van der Waals surface area contributed by atoms with E-state index < -0.39 is 0 Å². The quantitative estimate of drug-likeness (QED) is 0.852. The lowest BCUT2D eigenvalue weighted by Crippen LogP contribution is -2.08. The highest BCUT2D eigenvalue weighted by molar-refractivity contribution is 7.98. The Morgan fingerprint density at radius 3 is 2.94 bits per heavy atom. The van der Waals surface area contributed by atoms with E-state index in [-0.39, 0.29) is 6.04 Å². The first-order valence-electron chi connectivity index (χ1n) is 5.66. The number of rotatable bonds is 5. The topological polar surface area (TPSA) is 64.9 Å². The SMILES string of the molecule is CC[C@H](N)c1nc(CSc2ccccc2Cl)no1. The number of hydrogen-bond donors (Lipinski definition) is 1. The molecule has 0 spiro atoms. The fourth-order valence-corrected chi connectivity index (χ4v) is 2.44. The third-order valence-corrected chi connectivity index (χ3v) is 3.95. The summed E-state index contributed by atoms with van der Waals surface area (Å²) < 4.78 is 5.10. The largest absolute Gasteiger partial charge is 0.338 e. The molecular formula is C12H14ClN3OS. The van der Waals surface area contributed by atoms with Crippen LogP contribution in [0.4, 0.5) is 0 Å². The summed E-state index contributed by atoms with van der Waals surface area (Å²) in [6.07, 6.45) is 0.777. The van der Waals surface area contributed by atoms with Gasteiger partial charge in [-0.05, 0) is 18.6 Å². The van der Waals surface area contributed by atoms with Crippen molar-refractivity contribution in [3.05, 3.63) is 41.0 Å². The van der Waals surface area contributed by atoms with E-state index in [4.69, 9.17) is 21.9 Å². The summed E-state index contributed by atoms with van der Waals surface area (Å²) in [6, 6.07) is 7.49. The van der Waals surface area contributed by atoms with Crippen LogP contribution in [0, 0.1) is 0 Å². The molecule has 0 aliphatic carbocycles. The molecule has 2 aromatic rings. The van der Waals surface area contributed by atoms with Crippen LogP contribution < -0.4 is 5.73 Å². The highest BCUT2D eigenvalue weighted by Crippen LogP contribution is 2.28. The van der Waals surface area contributed by atoms with Crippen molar-refractivity contribution in [1.82, 2.24) is 10.1 Å². The van der Waals surface area contributed by atoms with Crippen molar-refractivity contribution >= 4 is 23.4 Å². The molecule has 1 heterocycles. The van der Waals surface area contributed by atoms with E-state index in [0.717, 1.165) is 16.3 Å². The predicted octanol–water partition coefficient (Wildman–Crippen LogP) is 3.43. The van der Waals surface area contributed by atoms with E-state index in [1.54, 1.807) is 11.8 Å². The van der Waals surface area contributed by atoms with Crippen molar-refractivity contribution in [2.75, 3.05) is 0 Å². The Balaban J connectivity index is 1.98. The molecule has 1 aromatic carbocycles. The van der Waals surface area contributed by atoms with E-state index in [1.807, 2.05) is 31.2 Å². The summed E-state index contributed by atoms with van der Waals surface area (Å²) in [4.78, 5) is 5.26. The molecule has 6 heteroatoms. The van der Waals surface area contributed by atoms with Crippen molar-refractivity contribution in [1.29, 1.82) is 0 Å². The van der Waals surface area contributed by atoms with Crippen LogP contribution in [0.25, 0.3) is 0 Å². The Hall–Kier alpha value is -1.04. The van der Waals surface area contributed by atoms with Crippen LogP contribution in [0.1, 0.15) is 31.1 Å². The van der Waals surface area contributed by atoms with E-state index in [0.29, 0.717) is 17.5 Å². The molecule has 0 fully saturated rings. The number of hydrogen-bond acceptors (Lipinski definition) is 5. The second kappa shape index (κ2) is 6.22. The first-order valence-corrected chi connectivity index (χ1v) is 7.02. The van der Waals surface area contributed by atoms with E-state index in [1.165, 1.54) is 0 Å². The second-order valence-electron chi connectivity index (χ2n) is 3.78. The fraction of sp³-hybridized carbons (Fsp3) is 0.333. The van der Waals surface area contributed by atoms with Gasteiger partial charge in [-0.25, -0.2) is 0 Å². The molecule has 0 radical (unpaired) electrons. The van der Waals surface area contributed by atoms with Crippen LogP contribution >= 0.6 is 23.4 Å². The highest BCUT2D eigenvalue weighted by Gasteiger charge is 2.13. The van der Waals surface area contributed by atoms with Gasteiger partial charge < -0.3 is 10.3 Å². The van der Waals surface area contributed by atoms with Gasteiger partial charge in [0.1, 0.15) is 0 Å². The molecule has 2 rings (SSSR count). The van der Waals surface area contributed by atoms with E-state index in [9.17, 15) is 0 Å². The first kappa shape index (κ1) is 13.4. The Morgan fingerprint density at radius 1 is 1.44 bits per heavy atom. The summed E-state index contributed by atoms with van der Waals surface area (Å²) in [7, 11) is 0. The monoisotopic (exact) mass is 283 g/mol. The normalized spacial score (nSPS) is 12.6. The Labute approximate surface area is 115 Å². The Morgan fingerprint density at radius 2 is 2.22 bits per heavy atom. The van der Waals surface area contributed by atoms with Crippen LogP contribution in [0.3, 0.4) is 0 Å². The van der Waals surface area contributed by atoms with Gasteiger partial charge in [-0.2, -0.15) is 4.98 Å². The number of benzene rings is 1. The lowest BCUT2D eigenvalue weighted by molar-refractivity contribution is 0.349. The number of nitrogens with zero attached hydrogens (tertiary/aromatic N) is 2. The Kier molecular flexibility index (Phi) is 4.63. The average molecular weight is 284 g/mol. The molecule has 0 aliphatic heterocycles. The van der Waals surface area contributed by atoms with Crippen molar-refractivity contribution < 1.29 is 4.52 Å². The van der Waals surface area contributed by atoms with Crippen LogP contribution in [0.15, 0.2) is 33.7 Å². The molecular weight excluding hydrogens is 270 g/mol. The average Bonchev–Trinajstić information content (AvgIpc) is 2.86. The Bertz CT molecular complexity index is 518. The zero-order valence-electron chi connectivity index (χ0n) is 9.97. The minimum atomic E-state index is -0.184. The maximum atomic E-state index is 6.06. The van der Waals surface area contributed by atoms with Crippen LogP contribution in [0.5, 0.6) is 0 Å². The molecule has 0 saturated heterocycles. The molecule has 1 aromatic heterocycles. The van der Waals surface area contributed by atoms with Crippen LogP contribution in [-0.4, -0.2) is 10.1 Å². The lowest BCUT2D eigenvalue weighted by atomic mass is 10.2. The van der Waals surface area contributed by atoms with Gasteiger partial charge in [0.05, 0.1) is 16.8 Å². The van der Waals surface area contributed by atoms with Gasteiger partial charge in [-0.1, -0.05) is 35.8 Å². The maximum absolute atomic E-state index is 6.06. The summed E-state index contributed by atoms with van der Waals surface area (Å²) in [6.45, 7) is 1.98. The standard InChI is InChI=1S/C12H14ClN3OS/c1-2-9(14)12-15-11(16-17-12)7-18-10-6-4-3-5-8(10)13/h3-6,9H,2,7,14H2,1H3/t9-/m0/s1. The second-order valence-corrected chi connectivity index (χ2v) is 5.21. The number of thioether (sulfide) groups is 1. The van der Waals surface area contributed by atoms with Crippen LogP contribution in [0.2, 0.25) is 5.02 Å². The number of halogens is 1. The fourth-order valence-electron chi connectivity index (χ4n) is 1.36. The molecule has 2 N–H and O–H groups in total. The van der Waals surface area contributed by atoms with Gasteiger partial charge in [0.15, 0.2) is 5.82 Å². The maximum Gasteiger partial charge on any atom is 0.243 e. The summed E-state index contributed by atoms with van der Waals surface area (Å²) in [5.74, 6) is 1.75. The molecule has 4 nitrogen and oxygen atoms in total. The number of aromatic nitrogens is 2. The zero-order valence-corrected chi connectivity index (χ0v) is 11.5. The van der Waals surface area contributed by atoms with Gasteiger partial charge in [-0.15, -0.1) is 11.8 Å². The molecule has 0 unspecified atom stereocenters. The van der Waals surface area contributed by atoms with Gasteiger partial charge in [-0.3, -0.25) is 0 Å². The zero-order chi connectivity index (χ0) is 13.0. The lowest BCUT2D eigenvalue weighted by Gasteiger charge is -2.01. The van der Waals surface area contributed by atoms with Crippen molar-refractivity contribution in [2.24, 2.45) is 5.73 Å². The summed E-state index contributed by atoms with van der Waals surface area (Å²) >= 11 is 7.64. The van der Waals surface area contributed by atoms with Crippen molar-refractivity contribution in [2.45, 2.75) is 30.0 Å². The molecule has 18 heavy (non-hydrogen) atoms. The van der Waals surface area contributed by atoms with E-state index in [2.05, 4.69) is 10.1 Å². The minimum absolute atomic E-state index is 0.184. The van der Waals surface area contributed by atoms with Gasteiger partial charge >= 0.3 is 0 Å². The van der Waals surface area contributed by atoms with Crippen LogP contribution in [-0.2, 0) is 5.75 Å². The molecule has 1 atom stereocenters. The van der Waals surface area contributed by atoms with Gasteiger partial charge in [0.25, 0.3) is 0 Å². The molecule has 0 aliphatic rings. The third kappa shape index (κ3) is 3.25. The first-order chi connectivity index (χ1) is 8.70. The van der Waals surface area contributed by atoms with Crippen molar-refractivity contribution in [3.8, 4) is 0 Å². The molecule has 0 bridgehead atoms. The van der Waals surface area contributed by atoms with Gasteiger partial charge in [0, 0.05) is 4.90 Å². The summed E-state index contributed by atoms with van der Waals surface area (Å²) in [5, 5.41) is 4.63. The van der Waals surface area contributed by atoms with Crippen molar-refractivity contribution in [3.63, 3.8) is 0 Å². The minimum Gasteiger partial charge on any atom is -0.338 e. The van der Waals surface area contributed by atoms with Gasteiger partial charge in [0.2, 0.25) is 5.89 Å². The molecule has 0 amide bonds. The molecule has 96 valence electrons. The number of nitrogens with two attached hydrogens (primary N) is 1. The highest BCUT2D eigenvalue weighted by atomic mass is 35.5. The van der Waals surface area contributed by atoms with E-state index >= 15 is 0 Å². The molecule has 0 saturated carbocycles.